The molecule has 0 spiro atoms. The first kappa shape index (κ1) is 10.0. The number of thioether (sulfide) groups is 1. The van der Waals surface area contributed by atoms with Crippen LogP contribution in [0.25, 0.3) is 0 Å². The highest BCUT2D eigenvalue weighted by atomic mass is 32.2. The van der Waals surface area contributed by atoms with Gasteiger partial charge in [0.25, 0.3) is 0 Å². The third-order valence-electron chi connectivity index (χ3n) is 1.59. The molecule has 2 nitrogen and oxygen atoms in total. The van der Waals surface area contributed by atoms with Crippen LogP contribution < -0.4 is 0 Å². The normalized spacial score (nSPS) is 17.5. The maximum absolute atomic E-state index is 5.22. The van der Waals surface area contributed by atoms with Crippen LogP contribution in [0.4, 0.5) is 0 Å². The summed E-state index contributed by atoms with van der Waals surface area (Å²) >= 11 is 6.89. The minimum absolute atomic E-state index is 0.800. The average Bonchev–Trinajstić information content (AvgIpc) is 2.15. The van der Waals surface area contributed by atoms with Crippen molar-refractivity contribution in [3.05, 3.63) is 12.7 Å². The number of rotatable bonds is 2. The van der Waals surface area contributed by atoms with E-state index < -0.39 is 0 Å². The van der Waals surface area contributed by atoms with Crippen LogP contribution in [-0.4, -0.2) is 41.3 Å². The molecule has 68 valence electrons. The number of hydrogen-bond donors (Lipinski definition) is 0. The molecular weight excluding hydrogens is 190 g/mol. The van der Waals surface area contributed by atoms with Crippen LogP contribution in [0, 0.1) is 0 Å². The third-order valence-corrected chi connectivity index (χ3v) is 3.11. The van der Waals surface area contributed by atoms with Gasteiger partial charge in [-0.3, -0.25) is 0 Å². The Kier molecular flexibility index (Phi) is 4.65. The second-order valence-corrected chi connectivity index (χ2v) is 4.12. The van der Waals surface area contributed by atoms with Gasteiger partial charge in [0.05, 0.1) is 13.2 Å². The maximum Gasteiger partial charge on any atom is 0.136 e. The number of thiocarbonyl (C=S) groups is 1. The summed E-state index contributed by atoms with van der Waals surface area (Å²) in [5.74, 6) is 0.899. The fourth-order valence-corrected chi connectivity index (χ4v) is 1.98. The minimum Gasteiger partial charge on any atom is -0.378 e. The molecule has 1 rings (SSSR count). The number of morpholine rings is 1. The Balaban J connectivity index is 2.24. The van der Waals surface area contributed by atoms with Crippen LogP contribution in [0.3, 0.4) is 0 Å². The zero-order valence-corrected chi connectivity index (χ0v) is 8.62. The molecule has 1 saturated heterocycles. The van der Waals surface area contributed by atoms with E-state index in [0.717, 1.165) is 36.4 Å². The highest BCUT2D eigenvalue weighted by molar-refractivity contribution is 8.23. The molecule has 1 aliphatic heterocycles. The molecule has 0 N–H and O–H groups in total. The summed E-state index contributed by atoms with van der Waals surface area (Å²) in [5, 5.41) is 0. The third kappa shape index (κ3) is 3.13. The van der Waals surface area contributed by atoms with Gasteiger partial charge in [-0.15, -0.1) is 6.58 Å². The van der Waals surface area contributed by atoms with Gasteiger partial charge in [0.2, 0.25) is 0 Å². The van der Waals surface area contributed by atoms with Crippen molar-refractivity contribution in [3.8, 4) is 0 Å². The summed E-state index contributed by atoms with van der Waals surface area (Å²) in [4.78, 5) is 2.19. The average molecular weight is 203 g/mol. The highest BCUT2D eigenvalue weighted by Crippen LogP contribution is 2.10. The number of nitrogens with zero attached hydrogens (tertiary/aromatic N) is 1. The number of ether oxygens (including phenoxy) is 1. The van der Waals surface area contributed by atoms with Gasteiger partial charge in [0.1, 0.15) is 4.32 Å². The molecule has 4 heteroatoms. The molecule has 0 aromatic heterocycles. The van der Waals surface area contributed by atoms with Crippen molar-refractivity contribution in [3.63, 3.8) is 0 Å². The Hall–Kier alpha value is -0.0600. The molecule has 0 amide bonds. The van der Waals surface area contributed by atoms with Gasteiger partial charge in [0.15, 0.2) is 0 Å². The van der Waals surface area contributed by atoms with Crippen LogP contribution in [-0.2, 0) is 4.74 Å². The Labute approximate surface area is 83.0 Å². The summed E-state index contributed by atoms with van der Waals surface area (Å²) in [5.41, 5.74) is 0. The highest BCUT2D eigenvalue weighted by Gasteiger charge is 2.12. The van der Waals surface area contributed by atoms with E-state index in [9.17, 15) is 0 Å². The van der Waals surface area contributed by atoms with E-state index in [-0.39, 0.29) is 0 Å². The van der Waals surface area contributed by atoms with E-state index in [1.165, 1.54) is 0 Å². The lowest BCUT2D eigenvalue weighted by atomic mass is 10.5. The van der Waals surface area contributed by atoms with Crippen LogP contribution in [0.15, 0.2) is 12.7 Å². The van der Waals surface area contributed by atoms with Crippen molar-refractivity contribution >= 4 is 28.3 Å². The van der Waals surface area contributed by atoms with Crippen molar-refractivity contribution in [1.29, 1.82) is 0 Å². The van der Waals surface area contributed by atoms with Crippen LogP contribution in [0.1, 0.15) is 0 Å². The zero-order valence-electron chi connectivity index (χ0n) is 6.99. The Morgan fingerprint density at radius 1 is 1.58 bits per heavy atom. The Morgan fingerprint density at radius 2 is 2.25 bits per heavy atom. The Morgan fingerprint density at radius 3 is 2.83 bits per heavy atom. The van der Waals surface area contributed by atoms with Crippen molar-refractivity contribution in [2.75, 3.05) is 32.1 Å². The molecule has 0 unspecified atom stereocenters. The molecule has 0 radical (unpaired) electrons. The lowest BCUT2D eigenvalue weighted by Crippen LogP contribution is -2.38. The second kappa shape index (κ2) is 5.56. The molecule has 12 heavy (non-hydrogen) atoms. The zero-order chi connectivity index (χ0) is 8.81. The first-order valence-corrected chi connectivity index (χ1v) is 5.34. The Bertz CT molecular complexity index is 166. The quantitative estimate of drug-likeness (QED) is 0.498. The predicted octanol–water partition coefficient (Wildman–Crippen LogP) is 1.52. The summed E-state index contributed by atoms with van der Waals surface area (Å²) < 4.78 is 6.19. The predicted molar refractivity (Wildman–Crippen MR) is 57.6 cm³/mol. The van der Waals surface area contributed by atoms with Crippen LogP contribution >= 0.6 is 24.0 Å². The fraction of sp³-hybridized carbons (Fsp3) is 0.625. The van der Waals surface area contributed by atoms with Crippen molar-refractivity contribution in [2.45, 2.75) is 0 Å². The molecular formula is C8H13NOS2. The molecule has 1 heterocycles. The van der Waals surface area contributed by atoms with Crippen LogP contribution in [0.2, 0.25) is 0 Å². The van der Waals surface area contributed by atoms with Gasteiger partial charge in [-0.2, -0.15) is 0 Å². The number of hydrogen-bond acceptors (Lipinski definition) is 3. The van der Waals surface area contributed by atoms with Gasteiger partial charge in [0, 0.05) is 18.8 Å². The maximum atomic E-state index is 5.22. The lowest BCUT2D eigenvalue weighted by Gasteiger charge is -2.28. The van der Waals surface area contributed by atoms with Gasteiger partial charge >= 0.3 is 0 Å². The summed E-state index contributed by atoms with van der Waals surface area (Å²) in [7, 11) is 0. The largest absolute Gasteiger partial charge is 0.378 e. The van der Waals surface area contributed by atoms with Gasteiger partial charge < -0.3 is 9.64 Å². The van der Waals surface area contributed by atoms with Crippen molar-refractivity contribution in [1.82, 2.24) is 4.90 Å². The standard InChI is InChI=1S/C8H13NOS2/c1-2-7-12-8(11)9-3-5-10-6-4-9/h2H,1,3-7H2. The smallest absolute Gasteiger partial charge is 0.136 e. The molecule has 1 aliphatic rings. The first-order chi connectivity index (χ1) is 5.84. The summed E-state index contributed by atoms with van der Waals surface area (Å²) in [6.07, 6.45) is 1.87. The first-order valence-electron chi connectivity index (χ1n) is 3.95. The van der Waals surface area contributed by atoms with Crippen LogP contribution in [0.5, 0.6) is 0 Å². The summed E-state index contributed by atoms with van der Waals surface area (Å²) in [6.45, 7) is 7.12. The molecule has 0 bridgehead atoms. The monoisotopic (exact) mass is 203 g/mol. The molecule has 0 atom stereocenters. The van der Waals surface area contributed by atoms with E-state index in [0.29, 0.717) is 0 Å². The summed E-state index contributed by atoms with van der Waals surface area (Å²) in [6, 6.07) is 0. The van der Waals surface area contributed by atoms with Gasteiger partial charge in [-0.25, -0.2) is 0 Å². The fourth-order valence-electron chi connectivity index (χ4n) is 0.967. The molecule has 0 saturated carbocycles. The van der Waals surface area contributed by atoms with E-state index in [4.69, 9.17) is 17.0 Å². The molecule has 0 aromatic carbocycles. The van der Waals surface area contributed by atoms with E-state index in [2.05, 4.69) is 11.5 Å². The topological polar surface area (TPSA) is 12.5 Å². The second-order valence-electron chi connectivity index (χ2n) is 2.47. The SMILES string of the molecule is C=CCSC(=S)N1CCOCC1. The van der Waals surface area contributed by atoms with Gasteiger partial charge in [-0.1, -0.05) is 30.1 Å². The van der Waals surface area contributed by atoms with E-state index in [1.807, 2.05) is 6.08 Å². The molecule has 0 aliphatic carbocycles. The molecule has 1 fully saturated rings. The van der Waals surface area contributed by atoms with Crippen molar-refractivity contribution < 1.29 is 4.74 Å². The molecule has 0 aromatic rings. The lowest BCUT2D eigenvalue weighted by molar-refractivity contribution is 0.0702. The van der Waals surface area contributed by atoms with E-state index >= 15 is 0 Å². The van der Waals surface area contributed by atoms with E-state index in [1.54, 1.807) is 11.8 Å². The van der Waals surface area contributed by atoms with Crippen molar-refractivity contribution in [2.24, 2.45) is 0 Å². The van der Waals surface area contributed by atoms with Gasteiger partial charge in [-0.05, 0) is 0 Å². The minimum atomic E-state index is 0.800.